The molecular weight excluding hydrogens is 302 g/mol. The van der Waals surface area contributed by atoms with Gasteiger partial charge in [0.25, 0.3) is 5.91 Å². The summed E-state index contributed by atoms with van der Waals surface area (Å²) in [6.45, 7) is 9.03. The number of likely N-dealkylation sites (tertiary alicyclic amines) is 1. The van der Waals surface area contributed by atoms with Gasteiger partial charge in [0.2, 0.25) is 0 Å². The number of imide groups is 1. The second kappa shape index (κ2) is 6.55. The zero-order valence-corrected chi connectivity index (χ0v) is 14.8. The van der Waals surface area contributed by atoms with E-state index in [-0.39, 0.29) is 17.9 Å². The highest BCUT2D eigenvalue weighted by atomic mass is 16.2. The molecule has 130 valence electrons. The molecule has 0 saturated carbocycles. The Morgan fingerprint density at radius 1 is 1.25 bits per heavy atom. The molecule has 0 radical (unpaired) electrons. The smallest absolute Gasteiger partial charge is 0.323 e. The number of urea groups is 1. The largest absolute Gasteiger partial charge is 0.325 e. The van der Waals surface area contributed by atoms with Crippen LogP contribution in [0.2, 0.25) is 0 Å². The van der Waals surface area contributed by atoms with Crippen molar-refractivity contribution in [1.82, 2.24) is 15.1 Å². The molecule has 2 atom stereocenters. The van der Waals surface area contributed by atoms with Gasteiger partial charge in [0, 0.05) is 25.6 Å². The van der Waals surface area contributed by atoms with Gasteiger partial charge in [-0.25, -0.2) is 4.79 Å². The summed E-state index contributed by atoms with van der Waals surface area (Å²) in [6, 6.07) is 8.36. The fourth-order valence-electron chi connectivity index (χ4n) is 3.90. The van der Waals surface area contributed by atoms with Gasteiger partial charge >= 0.3 is 6.03 Å². The van der Waals surface area contributed by atoms with Gasteiger partial charge in [-0.1, -0.05) is 29.8 Å². The molecule has 2 unspecified atom stereocenters. The van der Waals surface area contributed by atoms with Crippen molar-refractivity contribution in [3.05, 3.63) is 35.4 Å². The Kier molecular flexibility index (Phi) is 4.63. The summed E-state index contributed by atoms with van der Waals surface area (Å²) in [6.07, 6.45) is 2.03. The zero-order chi connectivity index (χ0) is 17.3. The molecule has 2 aliphatic rings. The minimum Gasteiger partial charge on any atom is -0.323 e. The number of hydrogen-bond acceptors (Lipinski definition) is 3. The maximum Gasteiger partial charge on any atom is 0.325 e. The number of hydrogen-bond donors (Lipinski definition) is 1. The Bertz CT molecular complexity index is 628. The van der Waals surface area contributed by atoms with Crippen LogP contribution in [0, 0.1) is 12.8 Å². The van der Waals surface area contributed by atoms with Crippen LogP contribution < -0.4 is 5.32 Å². The first kappa shape index (κ1) is 17.0. The topological polar surface area (TPSA) is 52.7 Å². The van der Waals surface area contributed by atoms with E-state index in [1.807, 2.05) is 13.8 Å². The summed E-state index contributed by atoms with van der Waals surface area (Å²) in [4.78, 5) is 28.5. The number of benzene rings is 1. The lowest BCUT2D eigenvalue weighted by atomic mass is 9.80. The third-order valence-corrected chi connectivity index (χ3v) is 5.47. The van der Waals surface area contributed by atoms with Gasteiger partial charge in [0.15, 0.2) is 0 Å². The summed E-state index contributed by atoms with van der Waals surface area (Å²) >= 11 is 0. The zero-order valence-electron chi connectivity index (χ0n) is 14.8. The maximum absolute atomic E-state index is 12.7. The lowest BCUT2D eigenvalue weighted by Gasteiger charge is -2.39. The lowest BCUT2D eigenvalue weighted by molar-refractivity contribution is -0.133. The van der Waals surface area contributed by atoms with E-state index in [0.29, 0.717) is 6.54 Å². The second-order valence-corrected chi connectivity index (χ2v) is 7.24. The molecule has 2 saturated heterocycles. The van der Waals surface area contributed by atoms with Crippen LogP contribution in [0.3, 0.4) is 0 Å². The highest BCUT2D eigenvalue weighted by Gasteiger charge is 2.52. The van der Waals surface area contributed by atoms with Crippen LogP contribution in [0.15, 0.2) is 24.3 Å². The van der Waals surface area contributed by atoms with Crippen LogP contribution in [0.5, 0.6) is 0 Å². The SMILES string of the molecule is CCN1C(=O)NC(C)(C2CCCN(Cc3ccc(C)cc3)C2)C1=O. The quantitative estimate of drug-likeness (QED) is 0.864. The molecule has 5 nitrogen and oxygen atoms in total. The molecule has 1 N–H and O–H groups in total. The lowest BCUT2D eigenvalue weighted by Crippen LogP contribution is -2.55. The number of nitrogens with zero attached hydrogens (tertiary/aromatic N) is 2. The van der Waals surface area contributed by atoms with Crippen LogP contribution in [0.25, 0.3) is 0 Å². The van der Waals surface area contributed by atoms with Crippen LogP contribution in [0.1, 0.15) is 37.8 Å². The van der Waals surface area contributed by atoms with Crippen molar-refractivity contribution in [2.75, 3.05) is 19.6 Å². The first-order chi connectivity index (χ1) is 11.4. The van der Waals surface area contributed by atoms with E-state index in [4.69, 9.17) is 0 Å². The molecule has 0 aromatic heterocycles. The molecule has 2 fully saturated rings. The van der Waals surface area contributed by atoms with E-state index in [1.165, 1.54) is 16.0 Å². The van der Waals surface area contributed by atoms with Gasteiger partial charge in [-0.15, -0.1) is 0 Å². The molecule has 2 heterocycles. The molecule has 24 heavy (non-hydrogen) atoms. The fourth-order valence-corrected chi connectivity index (χ4v) is 3.90. The number of rotatable bonds is 4. The van der Waals surface area contributed by atoms with Gasteiger partial charge < -0.3 is 5.32 Å². The van der Waals surface area contributed by atoms with E-state index in [9.17, 15) is 9.59 Å². The number of piperidine rings is 1. The van der Waals surface area contributed by atoms with E-state index < -0.39 is 5.54 Å². The summed E-state index contributed by atoms with van der Waals surface area (Å²) in [5, 5.41) is 2.95. The summed E-state index contributed by atoms with van der Waals surface area (Å²) < 4.78 is 0. The van der Waals surface area contributed by atoms with E-state index in [2.05, 4.69) is 41.4 Å². The average Bonchev–Trinajstić information content (AvgIpc) is 2.80. The van der Waals surface area contributed by atoms with Crippen LogP contribution >= 0.6 is 0 Å². The minimum absolute atomic E-state index is 0.0721. The van der Waals surface area contributed by atoms with Gasteiger partial charge in [-0.05, 0) is 45.7 Å². The molecule has 0 aliphatic carbocycles. The van der Waals surface area contributed by atoms with E-state index >= 15 is 0 Å². The fraction of sp³-hybridized carbons (Fsp3) is 0.579. The number of aryl methyl sites for hydroxylation is 1. The molecule has 3 amide bonds. The van der Waals surface area contributed by atoms with Crippen molar-refractivity contribution in [2.45, 2.75) is 45.7 Å². The van der Waals surface area contributed by atoms with Crippen molar-refractivity contribution in [3.8, 4) is 0 Å². The maximum atomic E-state index is 12.7. The first-order valence-corrected chi connectivity index (χ1v) is 8.86. The van der Waals surface area contributed by atoms with E-state index in [1.54, 1.807) is 0 Å². The standard InChI is InChI=1S/C19H27N3O2/c1-4-22-17(23)19(3,20-18(22)24)16-6-5-11-21(13-16)12-15-9-7-14(2)8-10-15/h7-10,16H,4-6,11-13H2,1-3H3,(H,20,24). The number of amides is 3. The Balaban J connectivity index is 1.70. The summed E-state index contributed by atoms with van der Waals surface area (Å²) in [5.74, 6) is 0.0851. The number of carbonyl (C=O) groups excluding carboxylic acids is 2. The molecule has 0 spiro atoms. The molecule has 3 rings (SSSR count). The number of nitrogens with one attached hydrogen (secondary N) is 1. The Morgan fingerprint density at radius 2 is 1.96 bits per heavy atom. The second-order valence-electron chi connectivity index (χ2n) is 7.24. The summed E-state index contributed by atoms with van der Waals surface area (Å²) in [7, 11) is 0. The number of carbonyl (C=O) groups is 2. The number of likely N-dealkylation sites (N-methyl/N-ethyl adjacent to an activating group) is 1. The van der Waals surface area contributed by atoms with Crippen molar-refractivity contribution in [2.24, 2.45) is 5.92 Å². The summed E-state index contributed by atoms with van der Waals surface area (Å²) in [5.41, 5.74) is 1.80. The van der Waals surface area contributed by atoms with Crippen molar-refractivity contribution in [1.29, 1.82) is 0 Å². The third kappa shape index (κ3) is 3.05. The van der Waals surface area contributed by atoms with Crippen molar-refractivity contribution < 1.29 is 9.59 Å². The first-order valence-electron chi connectivity index (χ1n) is 8.86. The van der Waals surface area contributed by atoms with Gasteiger partial charge in [0.1, 0.15) is 5.54 Å². The highest BCUT2D eigenvalue weighted by Crippen LogP contribution is 2.32. The van der Waals surface area contributed by atoms with Gasteiger partial charge in [0.05, 0.1) is 0 Å². The highest BCUT2D eigenvalue weighted by molar-refractivity contribution is 6.07. The van der Waals surface area contributed by atoms with Crippen molar-refractivity contribution in [3.63, 3.8) is 0 Å². The third-order valence-electron chi connectivity index (χ3n) is 5.47. The van der Waals surface area contributed by atoms with Crippen LogP contribution in [-0.2, 0) is 11.3 Å². The monoisotopic (exact) mass is 329 g/mol. The molecular formula is C19H27N3O2. The molecule has 0 bridgehead atoms. The Hall–Kier alpha value is -1.88. The van der Waals surface area contributed by atoms with Gasteiger partial charge in [-0.2, -0.15) is 0 Å². The molecule has 5 heteroatoms. The van der Waals surface area contributed by atoms with Crippen LogP contribution in [0.4, 0.5) is 4.79 Å². The van der Waals surface area contributed by atoms with Crippen molar-refractivity contribution >= 4 is 11.9 Å². The minimum atomic E-state index is -0.765. The predicted molar refractivity (Wildman–Crippen MR) is 93.5 cm³/mol. The Labute approximate surface area is 144 Å². The Morgan fingerprint density at radius 3 is 2.58 bits per heavy atom. The van der Waals surface area contributed by atoms with Gasteiger partial charge in [-0.3, -0.25) is 14.6 Å². The molecule has 1 aromatic carbocycles. The predicted octanol–water partition coefficient (Wildman–Crippen LogP) is 2.54. The molecule has 2 aliphatic heterocycles. The molecule has 1 aromatic rings. The normalized spacial score (nSPS) is 28.3. The average molecular weight is 329 g/mol. The van der Waals surface area contributed by atoms with Crippen LogP contribution in [-0.4, -0.2) is 46.9 Å². The van der Waals surface area contributed by atoms with E-state index in [0.717, 1.165) is 32.5 Å².